The van der Waals surface area contributed by atoms with Gasteiger partial charge in [0.1, 0.15) is 36.6 Å². The molecule has 1 unspecified atom stereocenters. The van der Waals surface area contributed by atoms with E-state index in [1.54, 1.807) is 0 Å². The van der Waals surface area contributed by atoms with Gasteiger partial charge in [0.2, 0.25) is 0 Å². The van der Waals surface area contributed by atoms with E-state index in [1.807, 2.05) is 152 Å². The molecule has 0 saturated carbocycles. The molecule has 6 nitrogen and oxygen atoms in total. The van der Waals surface area contributed by atoms with E-state index in [2.05, 4.69) is 15.9 Å². The number of benzene rings is 5. The highest BCUT2D eigenvalue weighted by molar-refractivity contribution is 9.11. The van der Waals surface area contributed by atoms with Crippen LogP contribution in [0.25, 0.3) is 0 Å². The van der Waals surface area contributed by atoms with Crippen molar-refractivity contribution < 1.29 is 28.8 Å². The molecule has 5 aromatic carbocycles. The molecule has 1 aliphatic heterocycles. The number of aliphatic hydroxyl groups excluding tert-OH is 1. The van der Waals surface area contributed by atoms with Crippen molar-refractivity contribution in [1.82, 2.24) is 0 Å². The molecule has 2 heterocycles. The van der Waals surface area contributed by atoms with Gasteiger partial charge in [-0.25, -0.2) is 0 Å². The fraction of sp³-hybridized carbons (Fsp3) is 0.244. The van der Waals surface area contributed by atoms with E-state index >= 15 is 0 Å². The molecule has 9 heteroatoms. The summed E-state index contributed by atoms with van der Waals surface area (Å²) < 4.78 is 35.0. The van der Waals surface area contributed by atoms with Crippen LogP contribution in [-0.4, -0.2) is 36.1 Å². The Kier molecular flexibility index (Phi) is 13.8. The average molecular weight is 826 g/mol. The highest BCUT2D eigenvalue weighted by atomic mass is 79.9. The predicted octanol–water partition coefficient (Wildman–Crippen LogP) is 10.7. The van der Waals surface area contributed by atoms with Crippen LogP contribution < -0.4 is 0 Å². The lowest BCUT2D eigenvalue weighted by Gasteiger charge is -2.46. The first-order chi connectivity index (χ1) is 26.5. The van der Waals surface area contributed by atoms with E-state index < -0.39 is 36.6 Å². The number of rotatable bonds is 16. The van der Waals surface area contributed by atoms with Crippen molar-refractivity contribution in [3.8, 4) is 0 Å². The van der Waals surface area contributed by atoms with E-state index in [0.29, 0.717) is 37.0 Å². The van der Waals surface area contributed by atoms with Crippen LogP contribution in [0.4, 0.5) is 0 Å². The molecule has 1 aliphatic rings. The lowest BCUT2D eigenvalue weighted by Crippen LogP contribution is -2.58. The van der Waals surface area contributed by atoms with E-state index in [1.165, 1.54) is 11.3 Å². The van der Waals surface area contributed by atoms with Crippen LogP contribution in [0.5, 0.6) is 0 Å². The maximum Gasteiger partial charge on any atom is 0.117 e. The topological polar surface area (TPSA) is 66.4 Å². The minimum atomic E-state index is -0.932. The van der Waals surface area contributed by atoms with Crippen LogP contribution in [0.1, 0.15) is 50.5 Å². The molecule has 6 atom stereocenters. The highest BCUT2D eigenvalue weighted by Gasteiger charge is 2.49. The first kappa shape index (κ1) is 38.6. The van der Waals surface area contributed by atoms with Gasteiger partial charge in [0, 0.05) is 15.5 Å². The summed E-state index contributed by atoms with van der Waals surface area (Å²) in [5.41, 5.74) is 5.51. The fourth-order valence-corrected chi connectivity index (χ4v) is 8.28. The third kappa shape index (κ3) is 10.1. The summed E-state index contributed by atoms with van der Waals surface area (Å²) in [5, 5.41) is 12.0. The molecule has 6 aromatic rings. The largest absolute Gasteiger partial charge is 0.383 e. The first-order valence-electron chi connectivity index (χ1n) is 18.0. The zero-order valence-electron chi connectivity index (χ0n) is 29.6. The normalized spacial score (nSPS) is 20.5. The second-order valence-electron chi connectivity index (χ2n) is 13.2. The smallest absolute Gasteiger partial charge is 0.117 e. The van der Waals surface area contributed by atoms with Gasteiger partial charge >= 0.3 is 0 Å². The molecule has 1 fully saturated rings. The third-order valence-electron chi connectivity index (χ3n) is 9.39. The Labute approximate surface area is 334 Å². The van der Waals surface area contributed by atoms with Crippen LogP contribution in [0.3, 0.4) is 0 Å². The van der Waals surface area contributed by atoms with E-state index in [0.717, 1.165) is 36.5 Å². The van der Waals surface area contributed by atoms with Crippen molar-refractivity contribution >= 4 is 38.9 Å². The van der Waals surface area contributed by atoms with Gasteiger partial charge in [0.25, 0.3) is 0 Å². The van der Waals surface area contributed by atoms with E-state index in [9.17, 15) is 5.11 Å². The Hall–Kier alpha value is -3.67. The van der Waals surface area contributed by atoms with Gasteiger partial charge in [-0.05, 0) is 68.0 Å². The molecule has 0 bridgehead atoms. The Morgan fingerprint density at radius 2 is 1.11 bits per heavy atom. The molecular weight excluding hydrogens is 784 g/mol. The SMILES string of the molecule is OC(c1ccc(Br)s1)c1cc([C@@H]2O[C@H](COCc3ccccc3)[C@@H](OCc3ccccc3)[C@H](OCc3ccccc3)[C@H]2OCc2ccccc2)ccc1Cl. The Bertz CT molecular complexity index is 2020. The molecular formula is C45H42BrClO6S. The van der Waals surface area contributed by atoms with Gasteiger partial charge < -0.3 is 28.8 Å². The standard InChI is InChI=1S/C45H42BrClO6S/c46-40-24-23-39(54-40)41(48)36-25-35(21-22-37(36)47)42-44(51-28-33-17-9-3-10-18-33)45(52-29-34-19-11-4-12-20-34)43(50-27-32-15-7-2-8-16-32)38(53-42)30-49-26-31-13-5-1-6-14-31/h1-25,38,41-45,48H,26-30H2/t38-,41?,42+,43-,44+,45+/m1/s1. The second kappa shape index (κ2) is 19.3. The van der Waals surface area contributed by atoms with Crippen molar-refractivity contribution in [3.05, 3.63) is 199 Å². The summed E-state index contributed by atoms with van der Waals surface area (Å²) in [7, 11) is 0. The van der Waals surface area contributed by atoms with Crippen LogP contribution >= 0.6 is 38.9 Å². The Morgan fingerprint density at radius 3 is 1.63 bits per heavy atom. The number of hydrogen-bond donors (Lipinski definition) is 1. The molecule has 7 rings (SSSR count). The lowest BCUT2D eigenvalue weighted by atomic mass is 9.89. The molecule has 0 aliphatic carbocycles. The number of aliphatic hydroxyl groups is 1. The summed E-state index contributed by atoms with van der Waals surface area (Å²) in [5.74, 6) is 0. The summed E-state index contributed by atoms with van der Waals surface area (Å²) in [6.07, 6.45) is -3.88. The number of halogens is 2. The van der Waals surface area contributed by atoms with Crippen molar-refractivity contribution in [2.45, 2.75) is 63.1 Å². The third-order valence-corrected chi connectivity index (χ3v) is 11.4. The highest BCUT2D eigenvalue weighted by Crippen LogP contribution is 2.41. The minimum Gasteiger partial charge on any atom is -0.383 e. The first-order valence-corrected chi connectivity index (χ1v) is 20.0. The summed E-state index contributed by atoms with van der Waals surface area (Å²) in [6, 6.07) is 49.8. The van der Waals surface area contributed by atoms with Gasteiger partial charge in [0.05, 0.1) is 36.8 Å². The molecule has 1 aromatic heterocycles. The van der Waals surface area contributed by atoms with Crippen LogP contribution in [0.2, 0.25) is 5.02 Å². The molecule has 0 amide bonds. The van der Waals surface area contributed by atoms with Gasteiger partial charge in [-0.2, -0.15) is 0 Å². The van der Waals surface area contributed by atoms with Crippen LogP contribution in [-0.2, 0) is 50.1 Å². The van der Waals surface area contributed by atoms with Gasteiger partial charge in [-0.3, -0.25) is 0 Å². The summed E-state index contributed by atoms with van der Waals surface area (Å²) >= 11 is 11.8. The van der Waals surface area contributed by atoms with Crippen LogP contribution in [0, 0.1) is 0 Å². The second-order valence-corrected chi connectivity index (χ2v) is 16.1. The average Bonchev–Trinajstić information content (AvgIpc) is 3.66. The van der Waals surface area contributed by atoms with E-state index in [-0.39, 0.29) is 6.61 Å². The quantitative estimate of drug-likeness (QED) is 0.105. The van der Waals surface area contributed by atoms with Gasteiger partial charge in [0.15, 0.2) is 0 Å². The number of thiophene rings is 1. The van der Waals surface area contributed by atoms with Crippen LogP contribution in [0.15, 0.2) is 155 Å². The Morgan fingerprint density at radius 1 is 0.611 bits per heavy atom. The number of ether oxygens (including phenoxy) is 5. The van der Waals surface area contributed by atoms with Crippen molar-refractivity contribution in [1.29, 1.82) is 0 Å². The van der Waals surface area contributed by atoms with Gasteiger partial charge in [-0.15, -0.1) is 11.3 Å². The maximum atomic E-state index is 11.6. The van der Waals surface area contributed by atoms with Crippen molar-refractivity contribution in [2.75, 3.05) is 6.61 Å². The Balaban J connectivity index is 1.27. The van der Waals surface area contributed by atoms with Crippen molar-refractivity contribution in [2.24, 2.45) is 0 Å². The molecule has 278 valence electrons. The molecule has 54 heavy (non-hydrogen) atoms. The summed E-state index contributed by atoms with van der Waals surface area (Å²) in [4.78, 5) is 0.771. The number of hydrogen-bond acceptors (Lipinski definition) is 7. The molecule has 0 radical (unpaired) electrons. The fourth-order valence-electron chi connectivity index (χ4n) is 6.63. The minimum absolute atomic E-state index is 0.244. The van der Waals surface area contributed by atoms with E-state index in [4.69, 9.17) is 35.3 Å². The molecule has 0 spiro atoms. The molecule has 1 saturated heterocycles. The van der Waals surface area contributed by atoms with Crippen molar-refractivity contribution in [3.63, 3.8) is 0 Å². The maximum absolute atomic E-state index is 11.6. The lowest BCUT2D eigenvalue weighted by molar-refractivity contribution is -0.275. The molecule has 1 N–H and O–H groups in total. The summed E-state index contributed by atoms with van der Waals surface area (Å²) in [6.45, 7) is 1.66. The predicted molar refractivity (Wildman–Crippen MR) is 216 cm³/mol. The monoisotopic (exact) mass is 824 g/mol. The van der Waals surface area contributed by atoms with Gasteiger partial charge in [-0.1, -0.05) is 139 Å². The zero-order chi connectivity index (χ0) is 37.1. The zero-order valence-corrected chi connectivity index (χ0v) is 32.7.